The minimum Gasteiger partial charge on any atom is -0.477 e. The smallest absolute Gasteiger partial charge is 0.471 e. The molecule has 5 nitrogen and oxygen atoms in total. The third-order valence-corrected chi connectivity index (χ3v) is 2.00. The van der Waals surface area contributed by atoms with Gasteiger partial charge >= 0.3 is 18.1 Å². The number of rotatable bonds is 4. The summed E-state index contributed by atoms with van der Waals surface area (Å²) < 4.78 is 35.5. The molecule has 0 fully saturated rings. The van der Waals surface area contributed by atoms with Crippen molar-refractivity contribution < 1.29 is 27.9 Å². The van der Waals surface area contributed by atoms with Crippen molar-refractivity contribution in [1.29, 1.82) is 0 Å². The number of halogens is 3. The Balaban J connectivity index is 2.45. The van der Waals surface area contributed by atoms with E-state index in [0.29, 0.717) is 5.56 Å². The predicted molar refractivity (Wildman–Crippen MR) is 54.0 cm³/mol. The maximum Gasteiger partial charge on any atom is 0.471 e. The fourth-order valence-corrected chi connectivity index (χ4v) is 1.12. The summed E-state index contributed by atoms with van der Waals surface area (Å²) in [6, 6.07) is 2.67. The number of hydrogen-bond donors (Lipinski definition) is 2. The van der Waals surface area contributed by atoms with Crippen LogP contribution in [-0.2, 0) is 11.2 Å². The number of nitrogens with one attached hydrogen (secondary N) is 1. The Morgan fingerprint density at radius 1 is 1.33 bits per heavy atom. The molecular formula is C10H9F3N2O3. The monoisotopic (exact) mass is 262 g/mol. The second-order valence-electron chi connectivity index (χ2n) is 3.36. The summed E-state index contributed by atoms with van der Waals surface area (Å²) in [4.78, 5) is 24.5. The van der Waals surface area contributed by atoms with Crippen LogP contribution in [0.15, 0.2) is 18.3 Å². The van der Waals surface area contributed by atoms with Crippen LogP contribution in [0.3, 0.4) is 0 Å². The third kappa shape index (κ3) is 4.04. The number of carbonyl (C=O) groups excluding carboxylic acids is 1. The fourth-order valence-electron chi connectivity index (χ4n) is 1.12. The molecule has 18 heavy (non-hydrogen) atoms. The van der Waals surface area contributed by atoms with E-state index in [9.17, 15) is 22.8 Å². The van der Waals surface area contributed by atoms with Crippen molar-refractivity contribution in [1.82, 2.24) is 10.3 Å². The molecule has 0 aromatic carbocycles. The third-order valence-electron chi connectivity index (χ3n) is 2.00. The van der Waals surface area contributed by atoms with Crippen LogP contribution in [-0.4, -0.2) is 34.7 Å². The minimum absolute atomic E-state index is 0.134. The van der Waals surface area contributed by atoms with E-state index in [1.807, 2.05) is 0 Å². The molecule has 0 aliphatic carbocycles. The zero-order valence-electron chi connectivity index (χ0n) is 8.99. The molecule has 0 saturated heterocycles. The number of aromatic carboxylic acids is 1. The van der Waals surface area contributed by atoms with Crippen molar-refractivity contribution in [3.63, 3.8) is 0 Å². The van der Waals surface area contributed by atoms with E-state index in [1.165, 1.54) is 18.3 Å². The van der Waals surface area contributed by atoms with Gasteiger partial charge in [-0.3, -0.25) is 4.79 Å². The fraction of sp³-hybridized carbons (Fsp3) is 0.300. The van der Waals surface area contributed by atoms with Crippen molar-refractivity contribution in [2.24, 2.45) is 0 Å². The lowest BCUT2D eigenvalue weighted by Gasteiger charge is -2.07. The lowest BCUT2D eigenvalue weighted by molar-refractivity contribution is -0.173. The highest BCUT2D eigenvalue weighted by molar-refractivity contribution is 5.85. The number of pyridine rings is 1. The van der Waals surface area contributed by atoms with Gasteiger partial charge in [-0.2, -0.15) is 13.2 Å². The summed E-state index contributed by atoms with van der Waals surface area (Å²) in [5.74, 6) is -3.19. The maximum absolute atomic E-state index is 11.8. The first-order valence-corrected chi connectivity index (χ1v) is 4.84. The number of carbonyl (C=O) groups is 2. The highest BCUT2D eigenvalue weighted by Crippen LogP contribution is 2.13. The second kappa shape index (κ2) is 5.48. The summed E-state index contributed by atoms with van der Waals surface area (Å²) in [5.41, 5.74) is 0.376. The lowest BCUT2D eigenvalue weighted by atomic mass is 10.2. The molecular weight excluding hydrogens is 253 g/mol. The van der Waals surface area contributed by atoms with Gasteiger partial charge in [-0.15, -0.1) is 0 Å². The van der Waals surface area contributed by atoms with Crippen LogP contribution < -0.4 is 5.32 Å². The first-order valence-electron chi connectivity index (χ1n) is 4.84. The van der Waals surface area contributed by atoms with E-state index >= 15 is 0 Å². The molecule has 0 unspecified atom stereocenters. The molecule has 1 aromatic rings. The zero-order valence-corrected chi connectivity index (χ0v) is 8.99. The van der Waals surface area contributed by atoms with Gasteiger partial charge in [0, 0.05) is 12.7 Å². The van der Waals surface area contributed by atoms with Gasteiger partial charge in [0.05, 0.1) is 0 Å². The van der Waals surface area contributed by atoms with Crippen molar-refractivity contribution >= 4 is 11.9 Å². The van der Waals surface area contributed by atoms with Gasteiger partial charge in [0.25, 0.3) is 0 Å². The Bertz CT molecular complexity index is 443. The molecule has 0 bridgehead atoms. The summed E-state index contributed by atoms with van der Waals surface area (Å²) in [7, 11) is 0. The summed E-state index contributed by atoms with van der Waals surface area (Å²) in [6.07, 6.45) is -3.52. The number of aromatic nitrogens is 1. The van der Waals surface area contributed by atoms with E-state index in [0.717, 1.165) is 0 Å². The van der Waals surface area contributed by atoms with Crippen LogP contribution in [0, 0.1) is 0 Å². The van der Waals surface area contributed by atoms with Crippen molar-refractivity contribution in [2.45, 2.75) is 12.6 Å². The van der Waals surface area contributed by atoms with Gasteiger partial charge in [0.1, 0.15) is 5.69 Å². The molecule has 0 saturated carbocycles. The van der Waals surface area contributed by atoms with Gasteiger partial charge in [-0.25, -0.2) is 9.78 Å². The molecule has 0 atom stereocenters. The number of carboxylic acids is 1. The maximum atomic E-state index is 11.8. The van der Waals surface area contributed by atoms with E-state index in [4.69, 9.17) is 5.11 Å². The van der Waals surface area contributed by atoms with Gasteiger partial charge in [-0.1, -0.05) is 6.07 Å². The summed E-state index contributed by atoms with van der Waals surface area (Å²) in [6.45, 7) is -0.202. The number of amides is 1. The minimum atomic E-state index is -4.90. The van der Waals surface area contributed by atoms with E-state index in [-0.39, 0.29) is 18.7 Å². The summed E-state index contributed by atoms with van der Waals surface area (Å²) in [5, 5.41) is 10.3. The topological polar surface area (TPSA) is 79.3 Å². The second-order valence-corrected chi connectivity index (χ2v) is 3.36. The van der Waals surface area contributed by atoms with Crippen LogP contribution >= 0.6 is 0 Å². The zero-order chi connectivity index (χ0) is 13.8. The van der Waals surface area contributed by atoms with E-state index in [2.05, 4.69) is 4.98 Å². The van der Waals surface area contributed by atoms with Gasteiger partial charge in [-0.05, 0) is 18.1 Å². The Kier molecular flexibility index (Phi) is 4.24. The number of nitrogens with zero attached hydrogens (tertiary/aromatic N) is 1. The molecule has 0 aliphatic heterocycles. The van der Waals surface area contributed by atoms with Crippen molar-refractivity contribution in [3.05, 3.63) is 29.6 Å². The first-order chi connectivity index (χ1) is 8.30. The molecule has 1 heterocycles. The molecule has 0 spiro atoms. The average Bonchev–Trinajstić information content (AvgIpc) is 2.28. The SMILES string of the molecule is O=C(O)c1ccc(CCNC(=O)C(F)(F)F)cn1. The Morgan fingerprint density at radius 3 is 2.44 bits per heavy atom. The van der Waals surface area contributed by atoms with Gasteiger partial charge < -0.3 is 10.4 Å². The molecule has 1 aromatic heterocycles. The van der Waals surface area contributed by atoms with Crippen molar-refractivity contribution in [3.8, 4) is 0 Å². The highest BCUT2D eigenvalue weighted by Gasteiger charge is 2.38. The molecule has 0 aliphatic rings. The largest absolute Gasteiger partial charge is 0.477 e. The average molecular weight is 262 g/mol. The standard InChI is InChI=1S/C10H9F3N2O3/c11-10(12,13)9(18)14-4-3-6-1-2-7(8(16)17)15-5-6/h1-2,5H,3-4H2,(H,14,18)(H,16,17). The predicted octanol–water partition coefficient (Wildman–Crippen LogP) is 1.00. The Hall–Kier alpha value is -2.12. The van der Waals surface area contributed by atoms with Gasteiger partial charge in [0.2, 0.25) is 0 Å². The quantitative estimate of drug-likeness (QED) is 0.848. The van der Waals surface area contributed by atoms with Crippen LogP contribution in [0.5, 0.6) is 0 Å². The normalized spacial score (nSPS) is 11.1. The number of carboxylic acid groups (broad SMARTS) is 1. The molecule has 1 rings (SSSR count). The lowest BCUT2D eigenvalue weighted by Crippen LogP contribution is -2.37. The molecule has 0 radical (unpaired) electrons. The van der Waals surface area contributed by atoms with E-state index in [1.54, 1.807) is 5.32 Å². The summed E-state index contributed by atoms with van der Waals surface area (Å²) >= 11 is 0. The van der Waals surface area contributed by atoms with Crippen LogP contribution in [0.25, 0.3) is 0 Å². The number of alkyl halides is 3. The molecule has 1 amide bonds. The molecule has 98 valence electrons. The first kappa shape index (κ1) is 13.9. The number of hydrogen-bond acceptors (Lipinski definition) is 3. The van der Waals surface area contributed by atoms with Crippen molar-refractivity contribution in [2.75, 3.05) is 6.54 Å². The molecule has 2 N–H and O–H groups in total. The Labute approximate surface area is 99.6 Å². The Morgan fingerprint density at radius 2 is 2.00 bits per heavy atom. The van der Waals surface area contributed by atoms with Crippen LogP contribution in [0.1, 0.15) is 16.1 Å². The van der Waals surface area contributed by atoms with Crippen LogP contribution in [0.2, 0.25) is 0 Å². The highest BCUT2D eigenvalue weighted by atomic mass is 19.4. The molecule has 8 heteroatoms. The van der Waals surface area contributed by atoms with E-state index < -0.39 is 18.1 Å². The van der Waals surface area contributed by atoms with Crippen LogP contribution in [0.4, 0.5) is 13.2 Å². The van der Waals surface area contributed by atoms with Gasteiger partial charge in [0.15, 0.2) is 0 Å².